The molecule has 1 saturated heterocycles. The van der Waals surface area contributed by atoms with E-state index in [4.69, 9.17) is 14.2 Å². The lowest BCUT2D eigenvalue weighted by atomic mass is 10.0. The van der Waals surface area contributed by atoms with Gasteiger partial charge in [-0.15, -0.1) is 0 Å². The Kier molecular flexibility index (Phi) is 4.42. The highest BCUT2D eigenvalue weighted by Gasteiger charge is 2.56. The molecule has 26 heavy (non-hydrogen) atoms. The van der Waals surface area contributed by atoms with Crippen LogP contribution in [0.1, 0.15) is 23.1 Å². The van der Waals surface area contributed by atoms with Crippen LogP contribution in [0.2, 0.25) is 0 Å². The standard InChI is InChI=1S/C21H23NO4/c1-15-7-3-4-10-18(15)24-12-6-11-22-19-16(2)8-5-9-17(19)21(20(22)23)25-13-14-26-21/h3-5,7-10H,6,11-14H2,1-2H3. The number of anilines is 1. The Morgan fingerprint density at radius 3 is 2.54 bits per heavy atom. The summed E-state index contributed by atoms with van der Waals surface area (Å²) in [7, 11) is 0. The number of amides is 1. The van der Waals surface area contributed by atoms with E-state index in [0.717, 1.165) is 34.5 Å². The summed E-state index contributed by atoms with van der Waals surface area (Å²) in [6.45, 7) is 6.02. The van der Waals surface area contributed by atoms with Gasteiger partial charge in [0, 0.05) is 12.1 Å². The van der Waals surface area contributed by atoms with Gasteiger partial charge in [0.1, 0.15) is 5.75 Å². The predicted molar refractivity (Wildman–Crippen MR) is 98.4 cm³/mol. The monoisotopic (exact) mass is 353 g/mol. The van der Waals surface area contributed by atoms with Gasteiger partial charge >= 0.3 is 0 Å². The molecule has 2 aromatic rings. The zero-order valence-electron chi connectivity index (χ0n) is 15.2. The van der Waals surface area contributed by atoms with Crippen LogP contribution >= 0.6 is 0 Å². The van der Waals surface area contributed by atoms with E-state index in [0.29, 0.717) is 26.4 Å². The van der Waals surface area contributed by atoms with E-state index in [2.05, 4.69) is 0 Å². The van der Waals surface area contributed by atoms with Gasteiger partial charge < -0.3 is 19.1 Å². The minimum absolute atomic E-state index is 0.129. The van der Waals surface area contributed by atoms with E-state index < -0.39 is 5.79 Å². The Hall–Kier alpha value is -2.37. The van der Waals surface area contributed by atoms with Crippen molar-refractivity contribution in [3.8, 4) is 5.75 Å². The van der Waals surface area contributed by atoms with Gasteiger partial charge in [-0.25, -0.2) is 0 Å². The maximum atomic E-state index is 13.1. The van der Waals surface area contributed by atoms with Crippen molar-refractivity contribution in [2.75, 3.05) is 31.3 Å². The van der Waals surface area contributed by atoms with Crippen molar-refractivity contribution in [1.82, 2.24) is 0 Å². The third-order valence-corrected chi connectivity index (χ3v) is 4.96. The quantitative estimate of drug-likeness (QED) is 0.774. The fourth-order valence-electron chi connectivity index (χ4n) is 3.71. The second kappa shape index (κ2) is 6.74. The summed E-state index contributed by atoms with van der Waals surface area (Å²) in [6, 6.07) is 13.8. The topological polar surface area (TPSA) is 48.0 Å². The van der Waals surface area contributed by atoms with Crippen molar-refractivity contribution in [3.05, 3.63) is 59.2 Å². The smallest absolute Gasteiger partial charge is 0.292 e. The van der Waals surface area contributed by atoms with Gasteiger partial charge in [-0.2, -0.15) is 0 Å². The van der Waals surface area contributed by atoms with E-state index in [1.807, 2.05) is 56.3 Å². The zero-order chi connectivity index (χ0) is 18.1. The summed E-state index contributed by atoms with van der Waals surface area (Å²) >= 11 is 0. The Labute approximate surface area is 153 Å². The number of benzene rings is 2. The summed E-state index contributed by atoms with van der Waals surface area (Å²) in [5, 5.41) is 0. The first kappa shape index (κ1) is 17.1. The molecule has 2 aromatic carbocycles. The van der Waals surface area contributed by atoms with Gasteiger partial charge in [0.25, 0.3) is 11.7 Å². The minimum Gasteiger partial charge on any atom is -0.493 e. The van der Waals surface area contributed by atoms with Crippen LogP contribution in [-0.4, -0.2) is 32.3 Å². The number of carbonyl (C=O) groups excluding carboxylic acids is 1. The van der Waals surface area contributed by atoms with E-state index >= 15 is 0 Å². The van der Waals surface area contributed by atoms with Gasteiger partial charge in [0.15, 0.2) is 0 Å². The largest absolute Gasteiger partial charge is 0.493 e. The number of hydrogen-bond donors (Lipinski definition) is 0. The summed E-state index contributed by atoms with van der Waals surface area (Å²) in [6.07, 6.45) is 0.726. The number of fused-ring (bicyclic) bond motifs is 2. The molecule has 0 radical (unpaired) electrons. The Balaban J connectivity index is 1.49. The van der Waals surface area contributed by atoms with Gasteiger partial charge in [-0.1, -0.05) is 36.4 Å². The molecule has 136 valence electrons. The molecule has 1 fully saturated rings. The summed E-state index contributed by atoms with van der Waals surface area (Å²) < 4.78 is 17.4. The van der Waals surface area contributed by atoms with Crippen LogP contribution in [0.3, 0.4) is 0 Å². The number of nitrogens with zero attached hydrogens (tertiary/aromatic N) is 1. The van der Waals surface area contributed by atoms with Gasteiger partial charge in [-0.05, 0) is 37.5 Å². The van der Waals surface area contributed by atoms with Crippen LogP contribution in [0, 0.1) is 13.8 Å². The first-order chi connectivity index (χ1) is 12.6. The predicted octanol–water partition coefficient (Wildman–Crippen LogP) is 3.32. The lowest BCUT2D eigenvalue weighted by Crippen LogP contribution is -2.41. The lowest BCUT2D eigenvalue weighted by Gasteiger charge is -2.22. The first-order valence-corrected chi connectivity index (χ1v) is 9.02. The van der Waals surface area contributed by atoms with Gasteiger partial charge in [-0.3, -0.25) is 4.79 Å². The minimum atomic E-state index is -1.25. The average molecular weight is 353 g/mol. The Bertz CT molecular complexity index is 827. The third kappa shape index (κ3) is 2.68. The molecule has 0 bridgehead atoms. The molecule has 1 spiro atoms. The second-order valence-corrected chi connectivity index (χ2v) is 6.71. The lowest BCUT2D eigenvalue weighted by molar-refractivity contribution is -0.180. The molecule has 0 N–H and O–H groups in total. The molecule has 2 aliphatic rings. The maximum absolute atomic E-state index is 13.1. The molecule has 0 saturated carbocycles. The molecule has 1 amide bonds. The molecular formula is C21H23NO4. The molecule has 0 atom stereocenters. The fourth-order valence-corrected chi connectivity index (χ4v) is 3.71. The molecule has 2 aliphatic heterocycles. The number of hydrogen-bond acceptors (Lipinski definition) is 4. The zero-order valence-corrected chi connectivity index (χ0v) is 15.2. The highest BCUT2D eigenvalue weighted by molar-refractivity contribution is 6.07. The highest BCUT2D eigenvalue weighted by Crippen LogP contribution is 2.47. The van der Waals surface area contributed by atoms with Crippen molar-refractivity contribution in [2.45, 2.75) is 26.1 Å². The summed E-state index contributed by atoms with van der Waals surface area (Å²) in [5.41, 5.74) is 3.89. The normalized spacial score (nSPS) is 17.8. The average Bonchev–Trinajstić information content (AvgIpc) is 3.22. The van der Waals surface area contributed by atoms with Crippen molar-refractivity contribution < 1.29 is 19.0 Å². The second-order valence-electron chi connectivity index (χ2n) is 6.71. The Morgan fingerprint density at radius 2 is 1.77 bits per heavy atom. The van der Waals surface area contributed by atoms with E-state index in [-0.39, 0.29) is 5.91 Å². The SMILES string of the molecule is Cc1ccccc1OCCCN1C(=O)C2(OCCO2)c2cccc(C)c21. The highest BCUT2D eigenvalue weighted by atomic mass is 16.7. The van der Waals surface area contributed by atoms with Crippen molar-refractivity contribution >= 4 is 11.6 Å². The Morgan fingerprint density at radius 1 is 1.04 bits per heavy atom. The van der Waals surface area contributed by atoms with Crippen LogP contribution < -0.4 is 9.64 Å². The van der Waals surface area contributed by atoms with E-state index in [9.17, 15) is 4.79 Å². The number of para-hydroxylation sites is 2. The number of rotatable bonds is 5. The van der Waals surface area contributed by atoms with Crippen molar-refractivity contribution in [3.63, 3.8) is 0 Å². The molecule has 2 heterocycles. The molecule has 0 unspecified atom stereocenters. The van der Waals surface area contributed by atoms with E-state index in [1.165, 1.54) is 0 Å². The van der Waals surface area contributed by atoms with Crippen molar-refractivity contribution in [2.24, 2.45) is 0 Å². The van der Waals surface area contributed by atoms with Crippen LogP contribution in [-0.2, 0) is 20.1 Å². The maximum Gasteiger partial charge on any atom is 0.292 e. The third-order valence-electron chi connectivity index (χ3n) is 4.96. The summed E-state index contributed by atoms with van der Waals surface area (Å²) in [4.78, 5) is 14.9. The fraction of sp³-hybridized carbons (Fsp3) is 0.381. The van der Waals surface area contributed by atoms with Crippen LogP contribution in [0.4, 0.5) is 5.69 Å². The number of aryl methyl sites for hydroxylation is 2. The molecule has 5 nitrogen and oxygen atoms in total. The van der Waals surface area contributed by atoms with Gasteiger partial charge in [0.2, 0.25) is 0 Å². The van der Waals surface area contributed by atoms with E-state index in [1.54, 1.807) is 4.90 Å². The van der Waals surface area contributed by atoms with Crippen LogP contribution in [0.25, 0.3) is 0 Å². The molecule has 0 aromatic heterocycles. The van der Waals surface area contributed by atoms with Gasteiger partial charge in [0.05, 0.1) is 25.5 Å². The molecule has 5 heteroatoms. The summed E-state index contributed by atoms with van der Waals surface area (Å²) in [5.74, 6) is -0.496. The van der Waals surface area contributed by atoms with Crippen LogP contribution in [0.5, 0.6) is 5.75 Å². The van der Waals surface area contributed by atoms with Crippen molar-refractivity contribution in [1.29, 1.82) is 0 Å². The first-order valence-electron chi connectivity index (χ1n) is 9.02. The van der Waals surface area contributed by atoms with Crippen LogP contribution in [0.15, 0.2) is 42.5 Å². The number of ether oxygens (including phenoxy) is 3. The molecule has 4 rings (SSSR count). The molecule has 0 aliphatic carbocycles. The molecular weight excluding hydrogens is 330 g/mol. The number of carbonyl (C=O) groups is 1.